The fraction of sp³-hybridized carbons (Fsp3) is 0.545. The van der Waals surface area contributed by atoms with Crippen LogP contribution in [0.2, 0.25) is 0 Å². The molecule has 1 N–H and O–H groups in total. The maximum atomic E-state index is 11.9. The van der Waals surface area contributed by atoms with Crippen LogP contribution >= 0.6 is 0 Å². The molecule has 1 saturated carbocycles. The zero-order valence-electron chi connectivity index (χ0n) is 9.84. The van der Waals surface area contributed by atoms with Crippen LogP contribution in [0, 0.1) is 5.92 Å². The van der Waals surface area contributed by atoms with E-state index in [0.29, 0.717) is 0 Å². The number of rotatable bonds is 4. The summed E-state index contributed by atoms with van der Waals surface area (Å²) in [7, 11) is 3.10. The number of hydrogen-bond acceptors (Lipinski definition) is 4. The van der Waals surface area contributed by atoms with E-state index in [1.807, 2.05) is 0 Å². The van der Waals surface area contributed by atoms with Gasteiger partial charge in [0.25, 0.3) is 11.5 Å². The first-order valence-corrected chi connectivity index (χ1v) is 5.48. The Hall–Kier alpha value is -1.69. The quantitative estimate of drug-likeness (QED) is 0.808. The van der Waals surface area contributed by atoms with E-state index < -0.39 is 6.10 Å². The van der Waals surface area contributed by atoms with Crippen molar-refractivity contribution >= 4 is 11.7 Å². The number of hydrogen-bond donors (Lipinski definition) is 1. The summed E-state index contributed by atoms with van der Waals surface area (Å²) in [6.45, 7) is 0. The summed E-state index contributed by atoms with van der Waals surface area (Å²) in [5, 5.41) is 2.52. The molecule has 1 heterocycles. The fourth-order valence-electron chi connectivity index (χ4n) is 1.68. The van der Waals surface area contributed by atoms with Gasteiger partial charge in [0.2, 0.25) is 0 Å². The number of anilines is 1. The average Bonchev–Trinajstić information content (AvgIpc) is 3.10. The second-order valence-electron chi connectivity index (χ2n) is 4.17. The van der Waals surface area contributed by atoms with Crippen molar-refractivity contribution in [3.8, 4) is 0 Å². The van der Waals surface area contributed by atoms with Gasteiger partial charge in [-0.05, 0) is 18.8 Å². The van der Waals surface area contributed by atoms with Gasteiger partial charge in [0, 0.05) is 26.6 Å². The molecule has 0 aliphatic heterocycles. The third-order valence-electron chi connectivity index (χ3n) is 2.82. The minimum absolute atomic E-state index is 0.0442. The Kier molecular flexibility index (Phi) is 3.23. The number of aryl methyl sites for hydroxylation is 1. The van der Waals surface area contributed by atoms with Gasteiger partial charge in [0.05, 0.1) is 0 Å². The van der Waals surface area contributed by atoms with Gasteiger partial charge in [-0.1, -0.05) is 0 Å². The number of ether oxygens (including phenoxy) is 1. The van der Waals surface area contributed by atoms with E-state index >= 15 is 0 Å². The monoisotopic (exact) mass is 237 g/mol. The number of carbonyl (C=O) groups excluding carboxylic acids is 1. The molecule has 92 valence electrons. The summed E-state index contributed by atoms with van der Waals surface area (Å²) < 4.78 is 6.49. The maximum absolute atomic E-state index is 11.9. The first-order valence-electron chi connectivity index (χ1n) is 5.48. The standard InChI is InChI=1S/C11H15N3O3/c1-14-6-5-12-9(11(14)16)13-10(15)8(17-2)7-3-4-7/h5-8H,3-4H2,1-2H3,(H,12,13,15). The number of amides is 1. The number of methoxy groups -OCH3 is 1. The van der Waals surface area contributed by atoms with Crippen molar-refractivity contribution in [1.82, 2.24) is 9.55 Å². The average molecular weight is 237 g/mol. The molecule has 1 aromatic rings. The fourth-order valence-corrected chi connectivity index (χ4v) is 1.68. The molecule has 0 aromatic carbocycles. The van der Waals surface area contributed by atoms with Crippen molar-refractivity contribution in [1.29, 1.82) is 0 Å². The van der Waals surface area contributed by atoms with E-state index in [2.05, 4.69) is 10.3 Å². The summed E-state index contributed by atoms with van der Waals surface area (Å²) in [4.78, 5) is 27.4. The molecule has 0 saturated heterocycles. The molecule has 1 aliphatic carbocycles. The Labute approximate surface area is 98.6 Å². The second-order valence-corrected chi connectivity index (χ2v) is 4.17. The lowest BCUT2D eigenvalue weighted by molar-refractivity contribution is -0.126. The van der Waals surface area contributed by atoms with Crippen LogP contribution in [0.25, 0.3) is 0 Å². The Morgan fingerprint density at radius 2 is 2.35 bits per heavy atom. The van der Waals surface area contributed by atoms with E-state index in [4.69, 9.17) is 4.74 Å². The smallest absolute Gasteiger partial charge is 0.293 e. The molecule has 1 aromatic heterocycles. The molecular weight excluding hydrogens is 222 g/mol. The van der Waals surface area contributed by atoms with Crippen LogP contribution in [-0.4, -0.2) is 28.7 Å². The van der Waals surface area contributed by atoms with Gasteiger partial charge in [0.1, 0.15) is 6.10 Å². The largest absolute Gasteiger partial charge is 0.371 e. The van der Waals surface area contributed by atoms with Crippen LogP contribution in [0.15, 0.2) is 17.2 Å². The third kappa shape index (κ3) is 2.52. The molecular formula is C11H15N3O3. The molecule has 2 rings (SSSR count). The molecule has 1 atom stereocenters. The summed E-state index contributed by atoms with van der Waals surface area (Å²) in [6.07, 6.45) is 4.50. The highest BCUT2D eigenvalue weighted by Gasteiger charge is 2.36. The van der Waals surface area contributed by atoms with Crippen LogP contribution in [0.1, 0.15) is 12.8 Å². The van der Waals surface area contributed by atoms with E-state index in [1.54, 1.807) is 7.05 Å². The summed E-state index contributed by atoms with van der Waals surface area (Å²) in [6, 6.07) is 0. The first kappa shape index (κ1) is 11.8. The molecule has 1 fully saturated rings. The number of carbonyl (C=O) groups is 1. The summed E-state index contributed by atoms with van der Waals surface area (Å²) in [5.41, 5.74) is -0.327. The Morgan fingerprint density at radius 3 is 2.94 bits per heavy atom. The van der Waals surface area contributed by atoms with Crippen LogP contribution in [0.3, 0.4) is 0 Å². The topological polar surface area (TPSA) is 73.2 Å². The highest BCUT2D eigenvalue weighted by atomic mass is 16.5. The van der Waals surface area contributed by atoms with Gasteiger partial charge in [-0.25, -0.2) is 4.98 Å². The van der Waals surface area contributed by atoms with Crippen molar-refractivity contribution in [3.63, 3.8) is 0 Å². The van der Waals surface area contributed by atoms with Crippen molar-refractivity contribution < 1.29 is 9.53 Å². The molecule has 6 heteroatoms. The molecule has 1 unspecified atom stereocenters. The van der Waals surface area contributed by atoms with E-state index in [-0.39, 0.29) is 23.2 Å². The van der Waals surface area contributed by atoms with Gasteiger partial charge in [-0.2, -0.15) is 0 Å². The zero-order valence-corrected chi connectivity index (χ0v) is 9.84. The minimum Gasteiger partial charge on any atom is -0.371 e. The van der Waals surface area contributed by atoms with Crippen LogP contribution in [-0.2, 0) is 16.6 Å². The Bertz CT molecular complexity index is 479. The Balaban J connectivity index is 2.12. The van der Waals surface area contributed by atoms with Crippen molar-refractivity contribution in [2.24, 2.45) is 13.0 Å². The molecule has 1 amide bonds. The van der Waals surface area contributed by atoms with Crippen molar-refractivity contribution in [2.75, 3.05) is 12.4 Å². The lowest BCUT2D eigenvalue weighted by Crippen LogP contribution is -2.34. The van der Waals surface area contributed by atoms with Gasteiger partial charge in [-0.15, -0.1) is 0 Å². The van der Waals surface area contributed by atoms with Crippen LogP contribution in [0.5, 0.6) is 0 Å². The highest BCUT2D eigenvalue weighted by Crippen LogP contribution is 2.34. The van der Waals surface area contributed by atoms with Gasteiger partial charge in [-0.3, -0.25) is 9.59 Å². The van der Waals surface area contributed by atoms with E-state index in [1.165, 1.54) is 24.1 Å². The highest BCUT2D eigenvalue weighted by molar-refractivity contribution is 5.93. The zero-order chi connectivity index (χ0) is 12.4. The van der Waals surface area contributed by atoms with Gasteiger partial charge >= 0.3 is 0 Å². The summed E-state index contributed by atoms with van der Waals surface area (Å²) >= 11 is 0. The van der Waals surface area contributed by atoms with Crippen LogP contribution in [0.4, 0.5) is 5.82 Å². The molecule has 1 aliphatic rings. The minimum atomic E-state index is -0.485. The van der Waals surface area contributed by atoms with Gasteiger partial charge < -0.3 is 14.6 Å². The van der Waals surface area contributed by atoms with E-state index in [0.717, 1.165) is 12.8 Å². The SMILES string of the molecule is COC(C(=O)Nc1nccn(C)c1=O)C1CC1. The Morgan fingerprint density at radius 1 is 1.65 bits per heavy atom. The van der Waals surface area contributed by atoms with Gasteiger partial charge in [0.15, 0.2) is 5.82 Å². The maximum Gasteiger partial charge on any atom is 0.293 e. The number of aromatic nitrogens is 2. The predicted octanol–water partition coefficient (Wildman–Crippen LogP) is 0.144. The lowest BCUT2D eigenvalue weighted by Gasteiger charge is -2.13. The molecule has 0 spiro atoms. The number of nitrogens with zero attached hydrogens (tertiary/aromatic N) is 2. The van der Waals surface area contributed by atoms with Crippen LogP contribution < -0.4 is 10.9 Å². The molecule has 0 radical (unpaired) electrons. The van der Waals surface area contributed by atoms with Crippen molar-refractivity contribution in [3.05, 3.63) is 22.7 Å². The van der Waals surface area contributed by atoms with E-state index in [9.17, 15) is 9.59 Å². The normalized spacial score (nSPS) is 16.6. The molecule has 6 nitrogen and oxygen atoms in total. The summed E-state index contributed by atoms with van der Waals surface area (Å²) in [5.74, 6) is 0.0149. The second kappa shape index (κ2) is 4.67. The first-order chi connectivity index (χ1) is 8.13. The predicted molar refractivity (Wildman–Crippen MR) is 61.6 cm³/mol. The molecule has 17 heavy (non-hydrogen) atoms. The van der Waals surface area contributed by atoms with Crippen molar-refractivity contribution in [2.45, 2.75) is 18.9 Å². The third-order valence-corrected chi connectivity index (χ3v) is 2.82. The molecule has 0 bridgehead atoms. The lowest BCUT2D eigenvalue weighted by atomic mass is 10.2. The number of nitrogens with one attached hydrogen (secondary N) is 1.